The first-order valence-electron chi connectivity index (χ1n) is 7.74. The predicted molar refractivity (Wildman–Crippen MR) is 92.6 cm³/mol. The standard InChI is InChI=1S/C17H21N3O2S/c1-3-5-15(21)20-13-8-6-12(7-9-13)10-19-17(22)14-11-18-16(4-2)23-14/h6-9,11H,3-5,10H2,1-2H3,(H,19,22)(H,20,21). The molecule has 6 heteroatoms. The maximum absolute atomic E-state index is 12.0. The van der Waals surface area contributed by atoms with Crippen molar-refractivity contribution < 1.29 is 9.59 Å². The molecule has 0 spiro atoms. The highest BCUT2D eigenvalue weighted by Crippen LogP contribution is 2.14. The van der Waals surface area contributed by atoms with Crippen LogP contribution in [0, 0.1) is 0 Å². The van der Waals surface area contributed by atoms with Gasteiger partial charge in [-0.15, -0.1) is 11.3 Å². The van der Waals surface area contributed by atoms with E-state index in [9.17, 15) is 9.59 Å². The van der Waals surface area contributed by atoms with Gasteiger partial charge < -0.3 is 10.6 Å². The highest BCUT2D eigenvalue weighted by atomic mass is 32.1. The Morgan fingerprint density at radius 1 is 1.17 bits per heavy atom. The Labute approximate surface area is 140 Å². The van der Waals surface area contributed by atoms with E-state index in [1.165, 1.54) is 11.3 Å². The monoisotopic (exact) mass is 331 g/mol. The largest absolute Gasteiger partial charge is 0.347 e. The molecule has 0 aliphatic rings. The number of hydrogen-bond acceptors (Lipinski definition) is 4. The van der Waals surface area contributed by atoms with Gasteiger partial charge in [0.25, 0.3) is 5.91 Å². The van der Waals surface area contributed by atoms with Gasteiger partial charge in [0, 0.05) is 18.7 Å². The lowest BCUT2D eigenvalue weighted by Gasteiger charge is -2.07. The topological polar surface area (TPSA) is 71.1 Å². The Hall–Kier alpha value is -2.21. The zero-order valence-corrected chi connectivity index (χ0v) is 14.2. The molecule has 5 nitrogen and oxygen atoms in total. The fourth-order valence-corrected chi connectivity index (χ4v) is 2.78. The van der Waals surface area contributed by atoms with Crippen LogP contribution in [0.4, 0.5) is 5.69 Å². The smallest absolute Gasteiger partial charge is 0.263 e. The third kappa shape index (κ3) is 5.17. The number of aromatic nitrogens is 1. The molecule has 23 heavy (non-hydrogen) atoms. The first-order valence-corrected chi connectivity index (χ1v) is 8.55. The number of amides is 2. The molecule has 2 N–H and O–H groups in total. The lowest BCUT2D eigenvalue weighted by molar-refractivity contribution is -0.116. The van der Waals surface area contributed by atoms with Crippen LogP contribution < -0.4 is 10.6 Å². The molecule has 1 heterocycles. The number of hydrogen-bond donors (Lipinski definition) is 2. The lowest BCUT2D eigenvalue weighted by Crippen LogP contribution is -2.21. The molecule has 1 aromatic carbocycles. The van der Waals surface area contributed by atoms with E-state index in [-0.39, 0.29) is 11.8 Å². The number of thiazole rings is 1. The molecule has 1 aromatic heterocycles. The third-order valence-corrected chi connectivity index (χ3v) is 4.39. The van der Waals surface area contributed by atoms with Gasteiger partial charge in [-0.25, -0.2) is 4.98 Å². The minimum Gasteiger partial charge on any atom is -0.347 e. The second-order valence-electron chi connectivity index (χ2n) is 5.15. The number of nitrogens with one attached hydrogen (secondary N) is 2. The molecule has 2 aromatic rings. The number of benzene rings is 1. The predicted octanol–water partition coefficient (Wildman–Crippen LogP) is 3.37. The number of nitrogens with zero attached hydrogens (tertiary/aromatic N) is 1. The van der Waals surface area contributed by atoms with Crippen molar-refractivity contribution in [1.82, 2.24) is 10.3 Å². The summed E-state index contributed by atoms with van der Waals surface area (Å²) in [6.07, 6.45) is 3.80. The molecule has 122 valence electrons. The number of anilines is 1. The van der Waals surface area contributed by atoms with E-state index in [1.807, 2.05) is 38.1 Å². The van der Waals surface area contributed by atoms with Crippen molar-refractivity contribution in [2.45, 2.75) is 39.7 Å². The summed E-state index contributed by atoms with van der Waals surface area (Å²) in [6.45, 7) is 4.43. The quantitative estimate of drug-likeness (QED) is 0.817. The third-order valence-electron chi connectivity index (χ3n) is 3.25. The molecule has 2 rings (SSSR count). The molecule has 0 atom stereocenters. The van der Waals surface area contributed by atoms with E-state index in [2.05, 4.69) is 15.6 Å². The summed E-state index contributed by atoms with van der Waals surface area (Å²) in [6, 6.07) is 7.48. The van der Waals surface area contributed by atoms with Crippen molar-refractivity contribution in [2.24, 2.45) is 0 Å². The van der Waals surface area contributed by atoms with Crippen LogP contribution in [0.15, 0.2) is 30.5 Å². The van der Waals surface area contributed by atoms with Crippen LogP contribution in [0.5, 0.6) is 0 Å². The van der Waals surface area contributed by atoms with Crippen molar-refractivity contribution in [2.75, 3.05) is 5.32 Å². The number of carbonyl (C=O) groups excluding carboxylic acids is 2. The molecule has 2 amide bonds. The van der Waals surface area contributed by atoms with Gasteiger partial charge in [-0.2, -0.15) is 0 Å². The number of aryl methyl sites for hydroxylation is 1. The molecule has 0 saturated heterocycles. The lowest BCUT2D eigenvalue weighted by atomic mass is 10.2. The minimum atomic E-state index is -0.109. The van der Waals surface area contributed by atoms with Crippen molar-refractivity contribution >= 4 is 28.8 Å². The van der Waals surface area contributed by atoms with Crippen LogP contribution in [-0.2, 0) is 17.8 Å². The summed E-state index contributed by atoms with van der Waals surface area (Å²) in [7, 11) is 0. The molecule has 0 unspecified atom stereocenters. The molecular weight excluding hydrogens is 310 g/mol. The van der Waals surface area contributed by atoms with Crippen LogP contribution in [0.3, 0.4) is 0 Å². The van der Waals surface area contributed by atoms with E-state index in [1.54, 1.807) is 6.20 Å². The first kappa shape index (κ1) is 17.1. The van der Waals surface area contributed by atoms with Crippen molar-refractivity contribution in [3.63, 3.8) is 0 Å². The second kappa shape index (κ2) is 8.43. The first-order chi connectivity index (χ1) is 11.1. The van der Waals surface area contributed by atoms with Crippen LogP contribution in [-0.4, -0.2) is 16.8 Å². The van der Waals surface area contributed by atoms with Crippen molar-refractivity contribution in [3.05, 3.63) is 45.9 Å². The van der Waals surface area contributed by atoms with Gasteiger partial charge in [0.05, 0.1) is 11.2 Å². The molecule has 0 aliphatic carbocycles. The maximum Gasteiger partial charge on any atom is 0.263 e. The van der Waals surface area contributed by atoms with E-state index in [0.29, 0.717) is 17.8 Å². The number of carbonyl (C=O) groups is 2. The molecule has 0 aliphatic heterocycles. The maximum atomic E-state index is 12.0. The minimum absolute atomic E-state index is 0.0190. The molecule has 0 radical (unpaired) electrons. The van der Waals surface area contributed by atoms with Gasteiger partial charge in [-0.3, -0.25) is 9.59 Å². The van der Waals surface area contributed by atoms with Gasteiger partial charge in [-0.05, 0) is 30.5 Å². The Morgan fingerprint density at radius 2 is 1.91 bits per heavy atom. The van der Waals surface area contributed by atoms with Gasteiger partial charge in [-0.1, -0.05) is 26.0 Å². The second-order valence-corrected chi connectivity index (χ2v) is 6.26. The van der Waals surface area contributed by atoms with Crippen molar-refractivity contribution in [3.8, 4) is 0 Å². The van der Waals surface area contributed by atoms with Crippen LogP contribution in [0.1, 0.15) is 46.9 Å². The summed E-state index contributed by atoms with van der Waals surface area (Å²) in [5.74, 6) is -0.0898. The Kier molecular flexibility index (Phi) is 6.29. The normalized spacial score (nSPS) is 10.3. The average molecular weight is 331 g/mol. The molecule has 0 bridgehead atoms. The fraction of sp³-hybridized carbons (Fsp3) is 0.353. The average Bonchev–Trinajstić information content (AvgIpc) is 3.03. The van der Waals surface area contributed by atoms with Crippen LogP contribution >= 0.6 is 11.3 Å². The number of rotatable bonds is 7. The Morgan fingerprint density at radius 3 is 2.52 bits per heavy atom. The summed E-state index contributed by atoms with van der Waals surface area (Å²) < 4.78 is 0. The van der Waals surface area contributed by atoms with E-state index < -0.39 is 0 Å². The van der Waals surface area contributed by atoms with Crippen molar-refractivity contribution in [1.29, 1.82) is 0 Å². The zero-order valence-electron chi connectivity index (χ0n) is 13.4. The summed E-state index contributed by atoms with van der Waals surface area (Å²) >= 11 is 1.42. The zero-order chi connectivity index (χ0) is 16.7. The Bertz CT molecular complexity index is 665. The Balaban J connectivity index is 1.86. The molecule has 0 saturated carbocycles. The van der Waals surface area contributed by atoms with Gasteiger partial charge in [0.15, 0.2) is 0 Å². The van der Waals surface area contributed by atoms with Crippen LogP contribution in [0.2, 0.25) is 0 Å². The summed E-state index contributed by atoms with van der Waals surface area (Å²) in [5, 5.41) is 6.67. The van der Waals surface area contributed by atoms with E-state index >= 15 is 0 Å². The van der Waals surface area contributed by atoms with E-state index in [0.717, 1.165) is 29.1 Å². The highest BCUT2D eigenvalue weighted by molar-refractivity contribution is 7.13. The summed E-state index contributed by atoms with van der Waals surface area (Å²) in [5.41, 5.74) is 1.75. The van der Waals surface area contributed by atoms with Gasteiger partial charge in [0.1, 0.15) is 4.88 Å². The molecular formula is C17H21N3O2S. The highest BCUT2D eigenvalue weighted by Gasteiger charge is 2.09. The summed E-state index contributed by atoms with van der Waals surface area (Å²) in [4.78, 5) is 28.4. The SMILES string of the molecule is CCCC(=O)Nc1ccc(CNC(=O)c2cnc(CC)s2)cc1. The fourth-order valence-electron chi connectivity index (χ4n) is 2.00. The van der Waals surface area contributed by atoms with Crippen LogP contribution in [0.25, 0.3) is 0 Å². The molecule has 0 fully saturated rings. The van der Waals surface area contributed by atoms with E-state index in [4.69, 9.17) is 0 Å². The van der Waals surface area contributed by atoms with Gasteiger partial charge in [0.2, 0.25) is 5.91 Å². The van der Waals surface area contributed by atoms with Gasteiger partial charge >= 0.3 is 0 Å².